The zero-order valence-electron chi connectivity index (χ0n) is 27.8. The first kappa shape index (κ1) is 40.2. The number of carbonyl (C=O) groups excluding carboxylic acids is 1. The third-order valence-corrected chi connectivity index (χ3v) is 7.86. The number of allylic oxidation sites excluding steroid dienone is 6. The molecule has 0 fully saturated rings. The van der Waals surface area contributed by atoms with E-state index in [1.807, 2.05) is 0 Å². The Hall–Kier alpha value is -1.84. The first-order valence-corrected chi connectivity index (χ1v) is 18.0. The number of rotatable bonds is 32. The van der Waals surface area contributed by atoms with Gasteiger partial charge in [0.25, 0.3) is 0 Å². The fourth-order valence-corrected chi connectivity index (χ4v) is 5.19. The molecule has 1 unspecified atom stereocenters. The van der Waals surface area contributed by atoms with Crippen molar-refractivity contribution in [2.75, 3.05) is 0 Å². The Balaban J connectivity index is 3.89. The van der Waals surface area contributed by atoms with Crippen LogP contribution in [0.4, 0.5) is 0 Å². The molecule has 0 aliphatic rings. The summed E-state index contributed by atoms with van der Waals surface area (Å²) in [6, 6.07) is 0. The number of hydrogen-bond donors (Lipinski definition) is 1. The summed E-state index contributed by atoms with van der Waals surface area (Å²) in [7, 11) is 0. The molecule has 1 atom stereocenters. The first-order chi connectivity index (χ1) is 20.6. The van der Waals surface area contributed by atoms with Crippen LogP contribution in [0.25, 0.3) is 0 Å². The van der Waals surface area contributed by atoms with Crippen LogP contribution in [0.1, 0.15) is 187 Å². The molecule has 0 aliphatic carbocycles. The van der Waals surface area contributed by atoms with E-state index in [4.69, 9.17) is 9.84 Å². The van der Waals surface area contributed by atoms with E-state index in [9.17, 15) is 9.59 Å². The lowest BCUT2D eigenvalue weighted by Crippen LogP contribution is -2.18. The summed E-state index contributed by atoms with van der Waals surface area (Å²) in [5.74, 6) is -0.686. The van der Waals surface area contributed by atoms with E-state index in [0.29, 0.717) is 12.8 Å². The molecule has 42 heavy (non-hydrogen) atoms. The van der Waals surface area contributed by atoms with Crippen LogP contribution in [0, 0.1) is 0 Å². The summed E-state index contributed by atoms with van der Waals surface area (Å²) in [5, 5.41) is 8.70. The highest BCUT2D eigenvalue weighted by atomic mass is 16.5. The number of carboxylic acid groups (broad SMARTS) is 1. The van der Waals surface area contributed by atoms with Crippen molar-refractivity contribution in [3.8, 4) is 0 Å². The van der Waals surface area contributed by atoms with Crippen LogP contribution in [-0.2, 0) is 14.3 Å². The molecule has 0 radical (unpaired) electrons. The van der Waals surface area contributed by atoms with Crippen molar-refractivity contribution >= 4 is 11.9 Å². The van der Waals surface area contributed by atoms with E-state index in [2.05, 4.69) is 50.3 Å². The van der Waals surface area contributed by atoms with Gasteiger partial charge in [-0.1, -0.05) is 134 Å². The predicted octanol–water partition coefficient (Wildman–Crippen LogP) is 12.2. The van der Waals surface area contributed by atoms with Gasteiger partial charge in [-0.3, -0.25) is 9.59 Å². The molecule has 0 aromatic rings. The van der Waals surface area contributed by atoms with Crippen molar-refractivity contribution in [1.82, 2.24) is 0 Å². The standard InChI is InChI=1S/C38H68O4/c1-3-5-7-9-10-11-12-13-14-15-16-17-18-19-24-27-31-35-38(41)42-36(32-28-8-6-4-2)33-29-25-22-20-21-23-26-30-34-37(39)40/h10-11,13-14,16-17,36H,3-9,12,15,18-35H2,1-2H3,(H,39,40)/b11-10-,14-13-,17-16-. The van der Waals surface area contributed by atoms with Crippen molar-refractivity contribution in [2.45, 2.75) is 193 Å². The number of carboxylic acids is 1. The van der Waals surface area contributed by atoms with Gasteiger partial charge in [0.1, 0.15) is 6.10 Å². The van der Waals surface area contributed by atoms with Gasteiger partial charge in [-0.25, -0.2) is 0 Å². The second-order valence-electron chi connectivity index (χ2n) is 12.1. The number of carbonyl (C=O) groups is 2. The normalized spacial score (nSPS) is 12.6. The molecule has 0 aliphatic heterocycles. The maximum Gasteiger partial charge on any atom is 0.306 e. The fourth-order valence-electron chi connectivity index (χ4n) is 5.19. The minimum atomic E-state index is -0.686. The molecule has 4 nitrogen and oxygen atoms in total. The molecule has 0 saturated carbocycles. The number of unbranched alkanes of at least 4 members (excludes halogenated alkanes) is 17. The molecule has 1 N–H and O–H groups in total. The van der Waals surface area contributed by atoms with Gasteiger partial charge < -0.3 is 9.84 Å². The molecule has 4 heteroatoms. The zero-order chi connectivity index (χ0) is 30.8. The Morgan fingerprint density at radius 3 is 1.48 bits per heavy atom. The summed E-state index contributed by atoms with van der Waals surface area (Å²) in [5.41, 5.74) is 0. The molecular formula is C38H68O4. The summed E-state index contributed by atoms with van der Waals surface area (Å²) in [6.45, 7) is 4.48. The minimum absolute atomic E-state index is 0.000611. The van der Waals surface area contributed by atoms with Crippen LogP contribution in [-0.4, -0.2) is 23.1 Å². The van der Waals surface area contributed by atoms with Gasteiger partial charge in [-0.15, -0.1) is 0 Å². The van der Waals surface area contributed by atoms with Gasteiger partial charge in [0.2, 0.25) is 0 Å². The Kier molecular flexibility index (Phi) is 32.2. The van der Waals surface area contributed by atoms with E-state index in [-0.39, 0.29) is 12.1 Å². The topological polar surface area (TPSA) is 63.6 Å². The lowest BCUT2D eigenvalue weighted by molar-refractivity contribution is -0.150. The predicted molar refractivity (Wildman–Crippen MR) is 181 cm³/mol. The van der Waals surface area contributed by atoms with Crippen LogP contribution >= 0.6 is 0 Å². The Morgan fingerprint density at radius 2 is 0.929 bits per heavy atom. The molecule has 0 spiro atoms. The lowest BCUT2D eigenvalue weighted by atomic mass is 10.0. The molecule has 0 heterocycles. The van der Waals surface area contributed by atoms with E-state index in [1.54, 1.807) is 0 Å². The molecule has 0 rings (SSSR count). The van der Waals surface area contributed by atoms with Crippen molar-refractivity contribution in [1.29, 1.82) is 0 Å². The number of ether oxygens (including phenoxy) is 1. The molecule has 0 saturated heterocycles. The monoisotopic (exact) mass is 589 g/mol. The molecule has 244 valence electrons. The van der Waals surface area contributed by atoms with Gasteiger partial charge in [-0.2, -0.15) is 0 Å². The average molecular weight is 589 g/mol. The third kappa shape index (κ3) is 32.7. The number of esters is 1. The Morgan fingerprint density at radius 1 is 0.524 bits per heavy atom. The minimum Gasteiger partial charge on any atom is -0.481 e. The summed E-state index contributed by atoms with van der Waals surface area (Å²) >= 11 is 0. The van der Waals surface area contributed by atoms with Gasteiger partial charge in [0.05, 0.1) is 0 Å². The summed E-state index contributed by atoms with van der Waals surface area (Å²) in [4.78, 5) is 23.1. The van der Waals surface area contributed by atoms with Gasteiger partial charge in [-0.05, 0) is 77.0 Å². The van der Waals surface area contributed by atoms with Crippen LogP contribution in [0.5, 0.6) is 0 Å². The SMILES string of the molecule is CCCCC/C=C\C/C=C\C/C=C\CCCCCCC(=O)OC(CCCCCC)CCCCCCCCCCC(=O)O. The molecular weight excluding hydrogens is 520 g/mol. The summed E-state index contributed by atoms with van der Waals surface area (Å²) < 4.78 is 5.94. The Bertz CT molecular complexity index is 679. The maximum absolute atomic E-state index is 12.5. The number of aliphatic carboxylic acids is 1. The van der Waals surface area contributed by atoms with Crippen LogP contribution in [0.3, 0.4) is 0 Å². The van der Waals surface area contributed by atoms with Gasteiger partial charge in [0, 0.05) is 12.8 Å². The lowest BCUT2D eigenvalue weighted by Gasteiger charge is -2.18. The molecule has 0 amide bonds. The smallest absolute Gasteiger partial charge is 0.306 e. The van der Waals surface area contributed by atoms with Crippen molar-refractivity contribution in [3.63, 3.8) is 0 Å². The molecule has 0 bridgehead atoms. The maximum atomic E-state index is 12.5. The first-order valence-electron chi connectivity index (χ1n) is 18.0. The fraction of sp³-hybridized carbons (Fsp3) is 0.789. The van der Waals surface area contributed by atoms with Crippen LogP contribution in [0.15, 0.2) is 36.5 Å². The quantitative estimate of drug-likeness (QED) is 0.0482. The van der Waals surface area contributed by atoms with Crippen molar-refractivity contribution in [2.24, 2.45) is 0 Å². The molecule has 0 aromatic carbocycles. The second-order valence-corrected chi connectivity index (χ2v) is 12.1. The van der Waals surface area contributed by atoms with E-state index in [0.717, 1.165) is 77.0 Å². The van der Waals surface area contributed by atoms with Crippen molar-refractivity contribution in [3.05, 3.63) is 36.5 Å². The van der Waals surface area contributed by atoms with Crippen molar-refractivity contribution < 1.29 is 19.4 Å². The highest BCUT2D eigenvalue weighted by Crippen LogP contribution is 2.18. The third-order valence-electron chi connectivity index (χ3n) is 7.86. The van der Waals surface area contributed by atoms with E-state index in [1.165, 1.54) is 83.5 Å². The highest BCUT2D eigenvalue weighted by molar-refractivity contribution is 5.69. The average Bonchev–Trinajstić information content (AvgIpc) is 2.97. The Labute approximate surface area is 260 Å². The second kappa shape index (κ2) is 33.7. The zero-order valence-corrected chi connectivity index (χ0v) is 27.8. The largest absolute Gasteiger partial charge is 0.481 e. The number of hydrogen-bond acceptors (Lipinski definition) is 3. The summed E-state index contributed by atoms with van der Waals surface area (Å²) in [6.07, 6.45) is 43.1. The van der Waals surface area contributed by atoms with Crippen LogP contribution < -0.4 is 0 Å². The van der Waals surface area contributed by atoms with Gasteiger partial charge in [0.15, 0.2) is 0 Å². The molecule has 0 aromatic heterocycles. The van der Waals surface area contributed by atoms with Crippen LogP contribution in [0.2, 0.25) is 0 Å². The highest BCUT2D eigenvalue weighted by Gasteiger charge is 2.14. The van der Waals surface area contributed by atoms with E-state index >= 15 is 0 Å². The van der Waals surface area contributed by atoms with Gasteiger partial charge >= 0.3 is 11.9 Å². The van der Waals surface area contributed by atoms with E-state index < -0.39 is 5.97 Å².